The molecule has 0 aromatic carbocycles. The van der Waals surface area contributed by atoms with Gasteiger partial charge in [-0.05, 0) is 24.5 Å². The summed E-state index contributed by atoms with van der Waals surface area (Å²) in [6.45, 7) is 3.96. The van der Waals surface area contributed by atoms with Crippen LogP contribution in [0.2, 0.25) is 5.02 Å². The third kappa shape index (κ3) is 2.04. The Hall–Kier alpha value is -1.33. The standard InChI is InChI=1S/C12H16ClN5/c1-8-4-5-17(7-10(8)14)12-15-11-3-2-9(13)6-18(11)16-12/h2-3,6,8,10H,4-5,7,14H2,1H3. The van der Waals surface area contributed by atoms with Gasteiger partial charge in [0, 0.05) is 25.3 Å². The maximum absolute atomic E-state index is 6.10. The number of nitrogens with zero attached hydrogens (tertiary/aromatic N) is 4. The van der Waals surface area contributed by atoms with E-state index in [0.29, 0.717) is 10.9 Å². The summed E-state index contributed by atoms with van der Waals surface area (Å²) >= 11 is 5.93. The largest absolute Gasteiger partial charge is 0.338 e. The van der Waals surface area contributed by atoms with Gasteiger partial charge in [0.2, 0.25) is 5.95 Å². The second-order valence-electron chi connectivity index (χ2n) is 4.94. The van der Waals surface area contributed by atoms with Crippen molar-refractivity contribution in [1.82, 2.24) is 14.6 Å². The molecule has 0 amide bonds. The van der Waals surface area contributed by atoms with Crippen LogP contribution in [0.1, 0.15) is 13.3 Å². The molecule has 96 valence electrons. The zero-order valence-electron chi connectivity index (χ0n) is 10.3. The Morgan fingerprint density at radius 3 is 3.06 bits per heavy atom. The highest BCUT2D eigenvalue weighted by molar-refractivity contribution is 6.30. The van der Waals surface area contributed by atoms with Crippen molar-refractivity contribution >= 4 is 23.2 Å². The molecule has 1 saturated heterocycles. The quantitative estimate of drug-likeness (QED) is 0.850. The van der Waals surface area contributed by atoms with Crippen LogP contribution in [0.3, 0.4) is 0 Å². The zero-order valence-corrected chi connectivity index (χ0v) is 11.0. The minimum Gasteiger partial charge on any atom is -0.338 e. The first-order chi connectivity index (χ1) is 8.63. The van der Waals surface area contributed by atoms with Crippen LogP contribution < -0.4 is 10.6 Å². The average molecular weight is 266 g/mol. The van der Waals surface area contributed by atoms with Crippen molar-refractivity contribution in [3.05, 3.63) is 23.4 Å². The smallest absolute Gasteiger partial charge is 0.245 e. The van der Waals surface area contributed by atoms with Gasteiger partial charge < -0.3 is 10.6 Å². The fourth-order valence-corrected chi connectivity index (χ4v) is 2.42. The molecule has 0 radical (unpaired) electrons. The Kier molecular flexibility index (Phi) is 2.87. The van der Waals surface area contributed by atoms with Crippen molar-refractivity contribution in [2.75, 3.05) is 18.0 Å². The number of hydrogen-bond acceptors (Lipinski definition) is 4. The minimum atomic E-state index is 0.189. The molecule has 1 fully saturated rings. The fraction of sp³-hybridized carbons (Fsp3) is 0.500. The van der Waals surface area contributed by atoms with Crippen LogP contribution >= 0.6 is 11.6 Å². The van der Waals surface area contributed by atoms with E-state index >= 15 is 0 Å². The van der Waals surface area contributed by atoms with Crippen LogP contribution in [0, 0.1) is 5.92 Å². The Bertz CT molecular complexity index is 567. The predicted octanol–water partition coefficient (Wildman–Crippen LogP) is 1.56. The lowest BCUT2D eigenvalue weighted by Crippen LogP contribution is -2.48. The molecule has 18 heavy (non-hydrogen) atoms. The maximum Gasteiger partial charge on any atom is 0.245 e. The highest BCUT2D eigenvalue weighted by Crippen LogP contribution is 2.20. The fourth-order valence-electron chi connectivity index (χ4n) is 2.26. The monoisotopic (exact) mass is 265 g/mol. The normalized spacial score (nSPS) is 24.7. The molecule has 2 N–H and O–H groups in total. The molecule has 2 aromatic heterocycles. The molecule has 3 heterocycles. The molecular formula is C12H16ClN5. The highest BCUT2D eigenvalue weighted by Gasteiger charge is 2.25. The predicted molar refractivity (Wildman–Crippen MR) is 72.0 cm³/mol. The summed E-state index contributed by atoms with van der Waals surface area (Å²) < 4.78 is 1.71. The number of halogens is 1. The summed E-state index contributed by atoms with van der Waals surface area (Å²) in [7, 11) is 0. The van der Waals surface area contributed by atoms with Gasteiger partial charge in [0.1, 0.15) is 0 Å². The first-order valence-corrected chi connectivity index (χ1v) is 6.54. The lowest BCUT2D eigenvalue weighted by Gasteiger charge is -2.34. The van der Waals surface area contributed by atoms with E-state index in [9.17, 15) is 0 Å². The summed E-state index contributed by atoms with van der Waals surface area (Å²) in [6, 6.07) is 3.87. The van der Waals surface area contributed by atoms with Gasteiger partial charge in [-0.1, -0.05) is 18.5 Å². The van der Waals surface area contributed by atoms with Crippen molar-refractivity contribution in [2.24, 2.45) is 11.7 Å². The maximum atomic E-state index is 6.10. The van der Waals surface area contributed by atoms with Gasteiger partial charge in [-0.25, -0.2) is 4.52 Å². The third-order valence-electron chi connectivity index (χ3n) is 3.58. The molecule has 0 saturated carbocycles. The number of hydrogen-bond donors (Lipinski definition) is 1. The van der Waals surface area contributed by atoms with Crippen LogP contribution in [0.25, 0.3) is 5.65 Å². The molecule has 2 unspecified atom stereocenters. The van der Waals surface area contributed by atoms with Crippen molar-refractivity contribution < 1.29 is 0 Å². The van der Waals surface area contributed by atoms with Gasteiger partial charge in [0.05, 0.1) is 5.02 Å². The minimum absolute atomic E-state index is 0.189. The van der Waals surface area contributed by atoms with E-state index in [2.05, 4.69) is 21.9 Å². The van der Waals surface area contributed by atoms with E-state index in [1.54, 1.807) is 10.7 Å². The lowest BCUT2D eigenvalue weighted by molar-refractivity contribution is 0.376. The van der Waals surface area contributed by atoms with Crippen molar-refractivity contribution in [1.29, 1.82) is 0 Å². The molecular weight excluding hydrogens is 250 g/mol. The van der Waals surface area contributed by atoms with Gasteiger partial charge in [0.25, 0.3) is 0 Å². The van der Waals surface area contributed by atoms with Crippen LogP contribution in [-0.4, -0.2) is 33.7 Å². The summed E-state index contributed by atoms with van der Waals surface area (Å²) in [5.41, 5.74) is 6.91. The summed E-state index contributed by atoms with van der Waals surface area (Å²) in [6.07, 6.45) is 2.84. The van der Waals surface area contributed by atoms with Crippen molar-refractivity contribution in [2.45, 2.75) is 19.4 Å². The van der Waals surface area contributed by atoms with Crippen LogP contribution in [0.4, 0.5) is 5.95 Å². The topological polar surface area (TPSA) is 59.5 Å². The Labute approximate surface area is 111 Å². The summed E-state index contributed by atoms with van der Waals surface area (Å²) in [4.78, 5) is 6.64. The number of nitrogens with two attached hydrogens (primary N) is 1. The first-order valence-electron chi connectivity index (χ1n) is 6.16. The molecule has 0 spiro atoms. The number of anilines is 1. The van der Waals surface area contributed by atoms with Gasteiger partial charge in [-0.15, -0.1) is 5.10 Å². The van der Waals surface area contributed by atoms with E-state index in [0.717, 1.165) is 31.1 Å². The molecule has 2 atom stereocenters. The number of piperidine rings is 1. The van der Waals surface area contributed by atoms with E-state index in [1.165, 1.54) is 0 Å². The van der Waals surface area contributed by atoms with E-state index in [1.807, 2.05) is 12.1 Å². The highest BCUT2D eigenvalue weighted by atomic mass is 35.5. The van der Waals surface area contributed by atoms with Gasteiger partial charge >= 0.3 is 0 Å². The molecule has 3 rings (SSSR count). The SMILES string of the molecule is CC1CCN(c2nc3ccc(Cl)cn3n2)CC1N. The van der Waals surface area contributed by atoms with Gasteiger partial charge in [0.15, 0.2) is 5.65 Å². The average Bonchev–Trinajstić information content (AvgIpc) is 2.75. The Morgan fingerprint density at radius 1 is 1.44 bits per heavy atom. The number of pyridine rings is 1. The summed E-state index contributed by atoms with van der Waals surface area (Å²) in [5, 5.41) is 5.10. The van der Waals surface area contributed by atoms with Crippen LogP contribution in [0.15, 0.2) is 18.3 Å². The zero-order chi connectivity index (χ0) is 12.7. The first kappa shape index (κ1) is 11.7. The molecule has 0 bridgehead atoms. The lowest BCUT2D eigenvalue weighted by atomic mass is 9.95. The Balaban J connectivity index is 1.90. The molecule has 1 aliphatic rings. The van der Waals surface area contributed by atoms with Crippen molar-refractivity contribution in [3.8, 4) is 0 Å². The second kappa shape index (κ2) is 4.40. The Morgan fingerprint density at radius 2 is 2.28 bits per heavy atom. The van der Waals surface area contributed by atoms with Crippen LogP contribution in [0.5, 0.6) is 0 Å². The molecule has 1 aliphatic heterocycles. The van der Waals surface area contributed by atoms with Crippen LogP contribution in [-0.2, 0) is 0 Å². The number of fused-ring (bicyclic) bond motifs is 1. The van der Waals surface area contributed by atoms with Gasteiger partial charge in [-0.3, -0.25) is 0 Å². The molecule has 5 nitrogen and oxygen atoms in total. The second-order valence-corrected chi connectivity index (χ2v) is 5.37. The van der Waals surface area contributed by atoms with E-state index in [-0.39, 0.29) is 6.04 Å². The molecule has 0 aliphatic carbocycles. The number of rotatable bonds is 1. The molecule has 6 heteroatoms. The van der Waals surface area contributed by atoms with E-state index in [4.69, 9.17) is 17.3 Å². The number of aromatic nitrogens is 3. The van der Waals surface area contributed by atoms with Crippen molar-refractivity contribution in [3.63, 3.8) is 0 Å². The van der Waals surface area contributed by atoms with Gasteiger partial charge in [-0.2, -0.15) is 4.98 Å². The van der Waals surface area contributed by atoms with E-state index < -0.39 is 0 Å². The summed E-state index contributed by atoms with van der Waals surface area (Å²) in [5.74, 6) is 1.30. The third-order valence-corrected chi connectivity index (χ3v) is 3.81. The molecule has 2 aromatic rings.